The number of aromatic amines is 1. The number of aryl methyl sites for hydroxylation is 1. The molecular formula is C21H22N6O2S2. The molecule has 160 valence electrons. The molecule has 1 atom stereocenters. The van der Waals surface area contributed by atoms with Gasteiger partial charge in [0.1, 0.15) is 16.3 Å². The molecule has 10 heteroatoms. The van der Waals surface area contributed by atoms with Gasteiger partial charge < -0.3 is 19.3 Å². The van der Waals surface area contributed by atoms with Crippen LogP contribution in [0.5, 0.6) is 5.19 Å². The molecule has 3 heterocycles. The van der Waals surface area contributed by atoms with E-state index >= 15 is 0 Å². The van der Waals surface area contributed by atoms with Crippen molar-refractivity contribution >= 4 is 46.3 Å². The summed E-state index contributed by atoms with van der Waals surface area (Å²) in [5.74, 6) is 0. The third kappa shape index (κ3) is 5.29. The number of nitriles is 2. The monoisotopic (exact) mass is 454 g/mol. The van der Waals surface area contributed by atoms with Crippen LogP contribution < -0.4 is 9.46 Å². The van der Waals surface area contributed by atoms with Crippen molar-refractivity contribution in [2.75, 3.05) is 17.9 Å². The maximum absolute atomic E-state index is 10.2. The lowest BCUT2D eigenvalue weighted by atomic mass is 10.1. The van der Waals surface area contributed by atoms with Crippen molar-refractivity contribution in [3.05, 3.63) is 35.7 Å². The van der Waals surface area contributed by atoms with Crippen molar-refractivity contribution in [3.8, 4) is 17.3 Å². The van der Waals surface area contributed by atoms with E-state index < -0.39 is 0 Å². The van der Waals surface area contributed by atoms with E-state index in [0.29, 0.717) is 17.4 Å². The molecule has 1 aliphatic heterocycles. The Labute approximate surface area is 189 Å². The van der Waals surface area contributed by atoms with Gasteiger partial charge >= 0.3 is 0 Å². The molecule has 0 radical (unpaired) electrons. The van der Waals surface area contributed by atoms with Crippen LogP contribution in [0.3, 0.4) is 0 Å². The second-order valence-corrected chi connectivity index (χ2v) is 8.81. The Morgan fingerprint density at radius 3 is 3.00 bits per heavy atom. The maximum Gasteiger partial charge on any atom is 0.274 e. The molecule has 1 amide bonds. The lowest BCUT2D eigenvalue weighted by molar-refractivity contribution is -0.118. The molecule has 0 aliphatic carbocycles. The summed E-state index contributed by atoms with van der Waals surface area (Å²) in [6, 6.07) is 8.15. The molecule has 8 nitrogen and oxygen atoms in total. The third-order valence-corrected chi connectivity index (χ3v) is 6.57. The first kappa shape index (κ1) is 22.5. The minimum absolute atomic E-state index is 0.150. The highest BCUT2D eigenvalue weighted by molar-refractivity contribution is 8.02. The van der Waals surface area contributed by atoms with Crippen LogP contribution in [-0.4, -0.2) is 40.5 Å². The van der Waals surface area contributed by atoms with Gasteiger partial charge in [0.2, 0.25) is 6.41 Å². The standard InChI is InChI=1S/C15H14N4OS2.C6H8N2O/c1-3-20-15-18-8-12(21-15)22-19-11-5-4-9(2)13-10(6-16)7-17-14(11)13;7-4-6-2-1-3-8(6)5-9/h4-5,7-8,17,19H,3H2,1-2H3;5-6H,1-3H2. The fraction of sp³-hybridized carbons (Fsp3) is 0.333. The SMILES string of the molecule is CCOc1ncc(SNc2ccc(C)c3c(C#N)c[nH]c23)s1.N#CC1CCCN1C=O. The van der Waals surface area contributed by atoms with E-state index in [1.165, 1.54) is 23.3 Å². The molecule has 0 spiro atoms. The van der Waals surface area contributed by atoms with E-state index in [-0.39, 0.29) is 6.04 Å². The van der Waals surface area contributed by atoms with Gasteiger partial charge in [-0.3, -0.25) is 4.79 Å². The highest BCUT2D eigenvalue weighted by Crippen LogP contribution is 2.34. The number of ether oxygens (including phenoxy) is 1. The van der Waals surface area contributed by atoms with Crippen LogP contribution in [0.15, 0.2) is 28.7 Å². The number of anilines is 1. The number of hydrogen-bond donors (Lipinski definition) is 2. The zero-order valence-corrected chi connectivity index (χ0v) is 18.8. The summed E-state index contributed by atoms with van der Waals surface area (Å²) in [4.78, 5) is 19.1. The summed E-state index contributed by atoms with van der Waals surface area (Å²) in [6.45, 7) is 5.31. The number of hydrogen-bond acceptors (Lipinski definition) is 8. The Morgan fingerprint density at radius 2 is 2.32 bits per heavy atom. The van der Waals surface area contributed by atoms with Crippen LogP contribution in [0.25, 0.3) is 10.9 Å². The number of aromatic nitrogens is 2. The van der Waals surface area contributed by atoms with Gasteiger partial charge in [-0.1, -0.05) is 17.4 Å². The third-order valence-electron chi connectivity index (χ3n) is 4.74. The number of carbonyl (C=O) groups is 1. The average Bonchev–Trinajstić information content (AvgIpc) is 3.53. The van der Waals surface area contributed by atoms with Gasteiger partial charge in [-0.05, 0) is 50.3 Å². The van der Waals surface area contributed by atoms with Gasteiger partial charge in [-0.2, -0.15) is 10.5 Å². The zero-order valence-electron chi connectivity index (χ0n) is 17.2. The van der Waals surface area contributed by atoms with Gasteiger partial charge in [0.25, 0.3) is 5.19 Å². The Hall–Kier alpha value is -3.21. The second-order valence-electron chi connectivity index (χ2n) is 6.71. The molecule has 1 saturated heterocycles. The largest absolute Gasteiger partial charge is 0.470 e. The summed E-state index contributed by atoms with van der Waals surface area (Å²) >= 11 is 2.98. The molecule has 2 N–H and O–H groups in total. The number of H-pyrrole nitrogens is 1. The summed E-state index contributed by atoms with van der Waals surface area (Å²) in [6.07, 6.45) is 6.09. The lowest BCUT2D eigenvalue weighted by Crippen LogP contribution is -2.25. The molecule has 0 saturated carbocycles. The summed E-state index contributed by atoms with van der Waals surface area (Å²) < 4.78 is 9.70. The van der Waals surface area contributed by atoms with Gasteiger partial charge in [-0.15, -0.1) is 0 Å². The van der Waals surface area contributed by atoms with E-state index in [1.54, 1.807) is 17.3 Å². The van der Waals surface area contributed by atoms with Crippen LogP contribution >= 0.6 is 23.3 Å². The van der Waals surface area contributed by atoms with Gasteiger partial charge in [-0.25, -0.2) is 4.98 Å². The maximum atomic E-state index is 10.2. The van der Waals surface area contributed by atoms with Crippen LogP contribution in [0.1, 0.15) is 30.9 Å². The molecular weight excluding hydrogens is 432 g/mol. The van der Waals surface area contributed by atoms with Crippen LogP contribution in [0, 0.1) is 29.6 Å². The van der Waals surface area contributed by atoms with Gasteiger partial charge in [0, 0.05) is 18.1 Å². The number of fused-ring (bicyclic) bond motifs is 1. The van der Waals surface area contributed by atoms with Gasteiger partial charge in [0.05, 0.1) is 35.6 Å². The smallest absolute Gasteiger partial charge is 0.274 e. The Bertz CT molecular complexity index is 1130. The molecule has 1 fully saturated rings. The summed E-state index contributed by atoms with van der Waals surface area (Å²) in [7, 11) is 0. The molecule has 3 aromatic rings. The normalized spacial score (nSPS) is 15.0. The van der Waals surface area contributed by atoms with Crippen LogP contribution in [0.4, 0.5) is 5.69 Å². The Balaban J connectivity index is 0.000000254. The lowest BCUT2D eigenvalue weighted by Gasteiger charge is -2.10. The predicted molar refractivity (Wildman–Crippen MR) is 122 cm³/mol. The van der Waals surface area contributed by atoms with E-state index in [9.17, 15) is 10.1 Å². The molecule has 31 heavy (non-hydrogen) atoms. The van der Waals surface area contributed by atoms with E-state index in [1.807, 2.05) is 26.0 Å². The first-order chi connectivity index (χ1) is 15.1. The minimum Gasteiger partial charge on any atom is -0.470 e. The average molecular weight is 455 g/mol. The highest BCUT2D eigenvalue weighted by Gasteiger charge is 2.21. The second kappa shape index (κ2) is 10.7. The predicted octanol–water partition coefficient (Wildman–Crippen LogP) is 4.45. The first-order valence-corrected chi connectivity index (χ1v) is 11.4. The minimum atomic E-state index is -0.150. The molecule has 1 aliphatic rings. The van der Waals surface area contributed by atoms with Crippen molar-refractivity contribution in [1.29, 1.82) is 10.5 Å². The topological polar surface area (TPSA) is 118 Å². The molecule has 2 aromatic heterocycles. The van der Waals surface area contributed by atoms with Crippen LogP contribution in [-0.2, 0) is 4.79 Å². The number of likely N-dealkylation sites (tertiary alicyclic amines) is 1. The quantitative estimate of drug-likeness (QED) is 0.417. The van der Waals surface area contributed by atoms with Crippen molar-refractivity contribution < 1.29 is 9.53 Å². The first-order valence-electron chi connectivity index (χ1n) is 9.74. The number of nitrogens with one attached hydrogen (secondary N) is 2. The summed E-state index contributed by atoms with van der Waals surface area (Å²) in [5, 5.41) is 19.2. The molecule has 4 rings (SSSR count). The number of nitrogens with zero attached hydrogens (tertiary/aromatic N) is 4. The molecule has 0 bridgehead atoms. The van der Waals surface area contributed by atoms with E-state index in [2.05, 4.69) is 26.8 Å². The number of amides is 1. The molecule has 1 aromatic carbocycles. The Morgan fingerprint density at radius 1 is 1.48 bits per heavy atom. The van der Waals surface area contributed by atoms with Crippen molar-refractivity contribution in [2.24, 2.45) is 0 Å². The fourth-order valence-corrected chi connectivity index (χ4v) is 4.79. The number of thiazole rings is 1. The number of carbonyl (C=O) groups excluding carboxylic acids is 1. The van der Waals surface area contributed by atoms with Crippen LogP contribution in [0.2, 0.25) is 0 Å². The highest BCUT2D eigenvalue weighted by atomic mass is 32.2. The number of rotatable bonds is 6. The van der Waals surface area contributed by atoms with Crippen molar-refractivity contribution in [2.45, 2.75) is 36.9 Å². The van der Waals surface area contributed by atoms with Crippen molar-refractivity contribution in [3.63, 3.8) is 0 Å². The Kier molecular flexibility index (Phi) is 7.76. The van der Waals surface area contributed by atoms with Gasteiger partial charge in [0.15, 0.2) is 0 Å². The van der Waals surface area contributed by atoms with Crippen molar-refractivity contribution in [1.82, 2.24) is 14.9 Å². The number of benzene rings is 1. The fourth-order valence-electron chi connectivity index (χ4n) is 3.23. The van der Waals surface area contributed by atoms with E-state index in [4.69, 9.17) is 10.00 Å². The molecule has 1 unspecified atom stereocenters. The zero-order chi connectivity index (χ0) is 22.2. The summed E-state index contributed by atoms with van der Waals surface area (Å²) in [5.41, 5.74) is 3.63. The van der Waals surface area contributed by atoms with E-state index in [0.717, 1.165) is 52.2 Å².